The lowest BCUT2D eigenvalue weighted by Gasteiger charge is -1.97. The molecule has 0 radical (unpaired) electrons. The van der Waals surface area contributed by atoms with Crippen LogP contribution in [0.25, 0.3) is 44.7 Å². The highest BCUT2D eigenvalue weighted by Crippen LogP contribution is 2.50. The first-order valence-electron chi connectivity index (χ1n) is 5.20. The number of hydrogen-bond donors (Lipinski definition) is 0. The number of rotatable bonds is 2. The SMILES string of the molecule is c1c(Oc2cc3oc3c3oc23)c2oc2c2oc12. The summed E-state index contributed by atoms with van der Waals surface area (Å²) in [4.78, 5) is 0. The Kier molecular flexibility index (Phi) is 0.712. The maximum atomic E-state index is 5.76. The first-order chi connectivity index (χ1) is 8.38. The van der Waals surface area contributed by atoms with Gasteiger partial charge in [-0.25, -0.2) is 0 Å². The fourth-order valence-corrected chi connectivity index (χ4v) is 2.09. The van der Waals surface area contributed by atoms with Crippen molar-refractivity contribution in [3.05, 3.63) is 12.1 Å². The molecule has 0 unspecified atom stereocenters. The molecule has 0 N–H and O–H groups in total. The second-order valence-electron chi connectivity index (χ2n) is 4.23. The molecule has 5 heteroatoms. The second kappa shape index (κ2) is 1.75. The molecule has 0 spiro atoms. The Hall–Kier alpha value is -2.56. The van der Waals surface area contributed by atoms with Gasteiger partial charge in [0.15, 0.2) is 22.7 Å². The molecule has 0 atom stereocenters. The zero-order valence-electron chi connectivity index (χ0n) is 8.20. The van der Waals surface area contributed by atoms with Crippen LogP contribution in [-0.2, 0) is 0 Å². The van der Waals surface area contributed by atoms with Crippen LogP contribution in [-0.4, -0.2) is 0 Å². The smallest absolute Gasteiger partial charge is 0.220 e. The third-order valence-corrected chi connectivity index (χ3v) is 3.13. The molecule has 0 aliphatic rings. The molecule has 0 aliphatic heterocycles. The highest BCUT2D eigenvalue weighted by Gasteiger charge is 2.30. The monoisotopic (exact) mass is 226 g/mol. The van der Waals surface area contributed by atoms with Crippen LogP contribution in [0.4, 0.5) is 0 Å². The third-order valence-electron chi connectivity index (χ3n) is 3.13. The van der Waals surface area contributed by atoms with E-state index in [0.717, 1.165) is 44.7 Å². The van der Waals surface area contributed by atoms with E-state index in [1.807, 2.05) is 12.1 Å². The van der Waals surface area contributed by atoms with Gasteiger partial charge in [0, 0.05) is 12.1 Å². The fraction of sp³-hybridized carbons (Fsp3) is 0. The molecular weight excluding hydrogens is 224 g/mol. The lowest BCUT2D eigenvalue weighted by Crippen LogP contribution is -1.79. The zero-order chi connectivity index (χ0) is 10.7. The molecule has 2 aromatic carbocycles. The van der Waals surface area contributed by atoms with Gasteiger partial charge in [0.1, 0.15) is 0 Å². The van der Waals surface area contributed by atoms with Gasteiger partial charge in [-0.05, 0) is 0 Å². The van der Waals surface area contributed by atoms with Crippen LogP contribution in [0, 0.1) is 0 Å². The Morgan fingerprint density at radius 3 is 1.65 bits per heavy atom. The predicted octanol–water partition coefficient (Wildman–Crippen LogP) is 4.21. The van der Waals surface area contributed by atoms with Crippen molar-refractivity contribution in [2.75, 3.05) is 0 Å². The summed E-state index contributed by atoms with van der Waals surface area (Å²) < 4.78 is 26.8. The average molecular weight is 226 g/mol. The standard InChI is InChI=1S/C12H2O5/c1-3(9-11(16-9)7-5(1)14-7)13-4-2-6-8(15-6)12-10(4)17-12/h1-2H. The van der Waals surface area contributed by atoms with Gasteiger partial charge in [0.2, 0.25) is 33.5 Å². The normalized spacial score (nSPS) is 13.9. The lowest BCUT2D eigenvalue weighted by atomic mass is 10.3. The highest BCUT2D eigenvalue weighted by atomic mass is 16.5. The molecule has 6 aromatic rings. The fourth-order valence-electron chi connectivity index (χ4n) is 2.09. The largest absolute Gasteiger partial charge is 0.449 e. The molecule has 4 heterocycles. The average Bonchev–Trinajstić information content (AvgIpc) is 3.16. The van der Waals surface area contributed by atoms with E-state index in [2.05, 4.69) is 0 Å². The number of fused-ring (bicyclic) bond motifs is 6. The van der Waals surface area contributed by atoms with Gasteiger partial charge in [-0.1, -0.05) is 0 Å². The molecule has 17 heavy (non-hydrogen) atoms. The summed E-state index contributed by atoms with van der Waals surface area (Å²) in [7, 11) is 0. The van der Waals surface area contributed by atoms with Crippen LogP contribution in [0.2, 0.25) is 0 Å². The van der Waals surface area contributed by atoms with Crippen LogP contribution in [0.15, 0.2) is 29.8 Å². The zero-order valence-corrected chi connectivity index (χ0v) is 8.20. The van der Waals surface area contributed by atoms with Gasteiger partial charge < -0.3 is 22.4 Å². The van der Waals surface area contributed by atoms with Crippen LogP contribution in [0.5, 0.6) is 11.5 Å². The van der Waals surface area contributed by atoms with Crippen molar-refractivity contribution >= 4 is 44.7 Å². The van der Waals surface area contributed by atoms with Crippen molar-refractivity contribution in [1.82, 2.24) is 0 Å². The van der Waals surface area contributed by atoms with E-state index in [1.165, 1.54) is 0 Å². The van der Waals surface area contributed by atoms with Gasteiger partial charge in [0.25, 0.3) is 0 Å². The quantitative estimate of drug-likeness (QED) is 0.442. The van der Waals surface area contributed by atoms with E-state index < -0.39 is 0 Å². The molecule has 6 rings (SSSR count). The second-order valence-corrected chi connectivity index (χ2v) is 4.23. The van der Waals surface area contributed by atoms with Crippen LogP contribution >= 0.6 is 0 Å². The summed E-state index contributed by atoms with van der Waals surface area (Å²) >= 11 is 0. The lowest BCUT2D eigenvalue weighted by molar-refractivity contribution is 0.485. The summed E-state index contributed by atoms with van der Waals surface area (Å²) in [5.41, 5.74) is 6.40. The van der Waals surface area contributed by atoms with Gasteiger partial charge >= 0.3 is 0 Å². The van der Waals surface area contributed by atoms with E-state index >= 15 is 0 Å². The van der Waals surface area contributed by atoms with E-state index in [1.54, 1.807) is 0 Å². The molecule has 4 aromatic heterocycles. The first-order valence-corrected chi connectivity index (χ1v) is 5.20. The third kappa shape index (κ3) is 0.720. The minimum atomic E-state index is 0.662. The van der Waals surface area contributed by atoms with Gasteiger partial charge in [0.05, 0.1) is 0 Å². The van der Waals surface area contributed by atoms with E-state index in [4.69, 9.17) is 22.4 Å². The summed E-state index contributed by atoms with van der Waals surface area (Å²) in [6.07, 6.45) is 0. The van der Waals surface area contributed by atoms with Gasteiger partial charge in [-0.2, -0.15) is 0 Å². The van der Waals surface area contributed by atoms with Crippen molar-refractivity contribution in [3.63, 3.8) is 0 Å². The summed E-state index contributed by atoms with van der Waals surface area (Å²) in [6, 6.07) is 3.64. The first kappa shape index (κ1) is 6.90. The van der Waals surface area contributed by atoms with Gasteiger partial charge in [-0.3, -0.25) is 0 Å². The molecule has 0 saturated carbocycles. The van der Waals surface area contributed by atoms with Crippen molar-refractivity contribution in [3.8, 4) is 11.5 Å². The summed E-state index contributed by atoms with van der Waals surface area (Å²) in [5, 5.41) is 0. The van der Waals surface area contributed by atoms with Gasteiger partial charge in [-0.15, -0.1) is 0 Å². The molecule has 0 fully saturated rings. The number of benzene rings is 2. The van der Waals surface area contributed by atoms with Crippen LogP contribution in [0.3, 0.4) is 0 Å². The summed E-state index contributed by atoms with van der Waals surface area (Å²) in [6.45, 7) is 0. The molecule has 0 amide bonds. The minimum Gasteiger partial charge on any atom is -0.449 e. The van der Waals surface area contributed by atoms with E-state index in [9.17, 15) is 0 Å². The summed E-state index contributed by atoms with van der Waals surface area (Å²) in [5.74, 6) is 1.32. The number of hydrogen-bond acceptors (Lipinski definition) is 5. The van der Waals surface area contributed by atoms with E-state index in [0.29, 0.717) is 11.5 Å². The maximum Gasteiger partial charge on any atom is 0.220 e. The van der Waals surface area contributed by atoms with Crippen molar-refractivity contribution in [1.29, 1.82) is 0 Å². The molecule has 5 nitrogen and oxygen atoms in total. The maximum absolute atomic E-state index is 5.76. The minimum absolute atomic E-state index is 0.662. The molecule has 80 valence electrons. The van der Waals surface area contributed by atoms with Crippen molar-refractivity contribution in [2.45, 2.75) is 0 Å². The van der Waals surface area contributed by atoms with E-state index in [-0.39, 0.29) is 0 Å². The predicted molar refractivity (Wildman–Crippen MR) is 56.8 cm³/mol. The Morgan fingerprint density at radius 2 is 1.12 bits per heavy atom. The topological polar surface area (TPSA) is 61.8 Å². The molecule has 0 saturated heterocycles. The van der Waals surface area contributed by atoms with Crippen LogP contribution < -0.4 is 4.74 Å². The molecule has 0 bridgehead atoms. The van der Waals surface area contributed by atoms with Crippen molar-refractivity contribution in [2.24, 2.45) is 0 Å². The Morgan fingerprint density at radius 1 is 0.588 bits per heavy atom. The molecule has 0 aliphatic carbocycles. The highest BCUT2D eigenvalue weighted by molar-refractivity contribution is 6.10. The Labute approximate surface area is 91.4 Å². The van der Waals surface area contributed by atoms with Crippen molar-refractivity contribution < 1.29 is 22.4 Å². The van der Waals surface area contributed by atoms with Crippen LogP contribution in [0.1, 0.15) is 0 Å². The number of ether oxygens (including phenoxy) is 1. The Bertz CT molecular complexity index is 965. The molecular formula is C12H2O5. The Balaban J connectivity index is 1.56.